The van der Waals surface area contributed by atoms with Crippen LogP contribution in [0.25, 0.3) is 10.8 Å². The first kappa shape index (κ1) is 14.7. The van der Waals surface area contributed by atoms with Gasteiger partial charge in [0.2, 0.25) is 0 Å². The number of phenols is 1. The lowest BCUT2D eigenvalue weighted by molar-refractivity contribution is 0.476. The van der Waals surface area contributed by atoms with Crippen molar-refractivity contribution in [3.63, 3.8) is 0 Å². The maximum absolute atomic E-state index is 13.1. The first-order chi connectivity index (χ1) is 10.5. The predicted molar refractivity (Wildman–Crippen MR) is 94.3 cm³/mol. The van der Waals surface area contributed by atoms with Gasteiger partial charge >= 0.3 is 0 Å². The molecule has 3 heteroatoms. The summed E-state index contributed by atoms with van der Waals surface area (Å²) < 4.78 is 13.1. The Morgan fingerprint density at radius 3 is 2.45 bits per heavy atom. The molecule has 0 amide bonds. The van der Waals surface area contributed by atoms with Crippen LogP contribution >= 0.6 is 0 Å². The summed E-state index contributed by atoms with van der Waals surface area (Å²) in [5.41, 5.74) is 2.02. The maximum atomic E-state index is 13.1. The van der Waals surface area contributed by atoms with E-state index in [0.29, 0.717) is 0 Å². The average molecular weight is 310 g/mol. The number of benzene rings is 3. The Bertz CT molecular complexity index is 947. The summed E-state index contributed by atoms with van der Waals surface area (Å²) in [6, 6.07) is 18.9. The van der Waals surface area contributed by atoms with Crippen LogP contribution in [0, 0.1) is 6.92 Å². The molecule has 1 atom stereocenters. The molecule has 3 aromatic rings. The van der Waals surface area contributed by atoms with Crippen LogP contribution < -0.4 is 0 Å². The molecule has 0 bridgehead atoms. The molecule has 22 heavy (non-hydrogen) atoms. The molecule has 0 aromatic heterocycles. The zero-order valence-electron chi connectivity index (χ0n) is 12.6. The van der Waals surface area contributed by atoms with Gasteiger partial charge < -0.3 is 5.11 Å². The van der Waals surface area contributed by atoms with Crippen LogP contribution in [0.1, 0.15) is 11.1 Å². The Kier molecular flexibility index (Phi) is 3.67. The fourth-order valence-electron chi connectivity index (χ4n) is 2.51. The average Bonchev–Trinajstić information content (AvgIpc) is 2.48. The van der Waals surface area contributed by atoms with Crippen molar-refractivity contribution < 1.29 is 9.32 Å². The largest absolute Gasteiger partial charge is 0.508 e. The minimum Gasteiger partial charge on any atom is -0.508 e. The molecule has 0 aliphatic heterocycles. The third-order valence-corrected chi connectivity index (χ3v) is 5.65. The topological polar surface area (TPSA) is 37.3 Å². The Morgan fingerprint density at radius 2 is 1.73 bits per heavy atom. The maximum Gasteiger partial charge on any atom is 0.116 e. The molecule has 0 saturated carbocycles. The van der Waals surface area contributed by atoms with Crippen LogP contribution in [0.2, 0.25) is 0 Å². The smallest absolute Gasteiger partial charge is 0.116 e. The molecule has 0 fully saturated rings. The molecule has 1 unspecified atom stereocenters. The van der Waals surface area contributed by atoms with Gasteiger partial charge in [0.05, 0.1) is 0 Å². The van der Waals surface area contributed by atoms with Crippen molar-refractivity contribution >= 4 is 25.7 Å². The van der Waals surface area contributed by atoms with Crippen LogP contribution in [0.5, 0.6) is 5.75 Å². The third kappa shape index (κ3) is 2.85. The lowest BCUT2D eigenvalue weighted by Crippen LogP contribution is -2.03. The van der Waals surface area contributed by atoms with E-state index < -0.39 is 9.52 Å². The van der Waals surface area contributed by atoms with Gasteiger partial charge in [0.1, 0.15) is 5.75 Å². The molecule has 0 aliphatic rings. The summed E-state index contributed by atoms with van der Waals surface area (Å²) in [6.45, 7) is 2.01. The van der Waals surface area contributed by atoms with Crippen LogP contribution in [0.15, 0.2) is 65.6 Å². The molecule has 112 valence electrons. The van der Waals surface area contributed by atoms with Gasteiger partial charge in [0, 0.05) is 26.0 Å². The minimum atomic E-state index is -2.29. The molecule has 0 saturated heterocycles. The zero-order chi connectivity index (χ0) is 15.7. The fraction of sp³-hybridized carbons (Fsp3) is 0.105. The van der Waals surface area contributed by atoms with Crippen molar-refractivity contribution in [2.24, 2.45) is 0 Å². The molecule has 0 heterocycles. The van der Waals surface area contributed by atoms with Gasteiger partial charge in [0.15, 0.2) is 0 Å². The molecular weight excluding hydrogens is 292 g/mol. The Morgan fingerprint density at radius 1 is 1.00 bits per heavy atom. The number of aromatic hydroxyl groups is 1. The van der Waals surface area contributed by atoms with Gasteiger partial charge in [-0.2, -0.15) is 0 Å². The van der Waals surface area contributed by atoms with Crippen molar-refractivity contribution in [1.29, 1.82) is 0 Å². The number of aryl methyl sites for hydroxylation is 1. The van der Waals surface area contributed by atoms with E-state index in [1.165, 1.54) is 0 Å². The number of hydrogen-bond donors (Lipinski definition) is 1. The zero-order valence-corrected chi connectivity index (χ0v) is 13.4. The molecule has 3 aromatic carbocycles. The van der Waals surface area contributed by atoms with Gasteiger partial charge in [-0.15, -0.1) is 0 Å². The number of rotatable bonds is 2. The van der Waals surface area contributed by atoms with E-state index in [1.54, 1.807) is 23.8 Å². The standard InChI is InChI=1S/C19H18O2S/c1-14-6-10-18(11-7-14)22(2,21)13-16-5-3-4-15-8-9-17(20)12-19(15)16/h3-13,20H,1-2H3. The summed E-state index contributed by atoms with van der Waals surface area (Å²) in [6.07, 6.45) is 1.75. The summed E-state index contributed by atoms with van der Waals surface area (Å²) >= 11 is 0. The van der Waals surface area contributed by atoms with Gasteiger partial charge in [-0.3, -0.25) is 4.21 Å². The van der Waals surface area contributed by atoms with Crippen molar-refractivity contribution in [3.8, 4) is 5.75 Å². The van der Waals surface area contributed by atoms with E-state index in [1.807, 2.05) is 55.5 Å². The van der Waals surface area contributed by atoms with E-state index >= 15 is 0 Å². The predicted octanol–water partition coefficient (Wildman–Crippen LogP) is 3.98. The van der Waals surface area contributed by atoms with Gasteiger partial charge in [0.25, 0.3) is 0 Å². The Balaban J connectivity index is 2.21. The van der Waals surface area contributed by atoms with Crippen LogP contribution in [0.4, 0.5) is 0 Å². The molecule has 0 spiro atoms. The molecule has 0 aliphatic carbocycles. The second kappa shape index (κ2) is 5.50. The molecule has 2 nitrogen and oxygen atoms in total. The summed E-state index contributed by atoms with van der Waals surface area (Å²) in [4.78, 5) is 0.815. The van der Waals surface area contributed by atoms with E-state index in [9.17, 15) is 9.32 Å². The highest BCUT2D eigenvalue weighted by Crippen LogP contribution is 2.23. The van der Waals surface area contributed by atoms with Crippen molar-refractivity contribution in [1.82, 2.24) is 0 Å². The van der Waals surface area contributed by atoms with Crippen molar-refractivity contribution in [3.05, 3.63) is 71.8 Å². The van der Waals surface area contributed by atoms with E-state index in [2.05, 4.69) is 0 Å². The minimum absolute atomic E-state index is 0.214. The summed E-state index contributed by atoms with van der Waals surface area (Å²) in [7, 11) is -2.29. The SMILES string of the molecule is Cc1ccc(S(C)(=O)=Cc2cccc3ccc(O)cc23)cc1. The molecule has 0 radical (unpaired) electrons. The highest BCUT2D eigenvalue weighted by Gasteiger charge is 2.07. The second-order valence-electron chi connectivity index (χ2n) is 5.59. The van der Waals surface area contributed by atoms with Crippen LogP contribution in [0.3, 0.4) is 0 Å². The Labute approximate surface area is 131 Å². The summed E-state index contributed by atoms with van der Waals surface area (Å²) in [5, 5.41) is 13.4. The van der Waals surface area contributed by atoms with Gasteiger partial charge in [-0.1, -0.05) is 42.0 Å². The van der Waals surface area contributed by atoms with Crippen molar-refractivity contribution in [2.75, 3.05) is 6.26 Å². The van der Waals surface area contributed by atoms with Gasteiger partial charge in [-0.05, 0) is 47.5 Å². The van der Waals surface area contributed by atoms with Gasteiger partial charge in [-0.25, -0.2) is 0 Å². The number of hydrogen-bond acceptors (Lipinski definition) is 2. The fourth-order valence-corrected chi connectivity index (χ4v) is 4.01. The highest BCUT2D eigenvalue weighted by molar-refractivity contribution is 8.01. The van der Waals surface area contributed by atoms with E-state index in [-0.39, 0.29) is 5.75 Å². The molecular formula is C19H18O2S. The number of phenolic OH excluding ortho intramolecular Hbond substituents is 1. The van der Waals surface area contributed by atoms with E-state index in [0.717, 1.165) is 26.8 Å². The van der Waals surface area contributed by atoms with Crippen LogP contribution in [-0.2, 0) is 9.52 Å². The third-order valence-electron chi connectivity index (χ3n) is 3.74. The lowest BCUT2D eigenvalue weighted by Gasteiger charge is -2.08. The normalized spacial score (nSPS) is 13.7. The first-order valence-corrected chi connectivity index (χ1v) is 9.11. The number of fused-ring (bicyclic) bond motifs is 1. The Hall–Kier alpha value is -2.26. The van der Waals surface area contributed by atoms with E-state index in [4.69, 9.17) is 0 Å². The molecule has 1 N–H and O–H groups in total. The first-order valence-electron chi connectivity index (χ1n) is 7.08. The summed E-state index contributed by atoms with van der Waals surface area (Å²) in [5.74, 6) is 0.214. The van der Waals surface area contributed by atoms with Crippen molar-refractivity contribution in [2.45, 2.75) is 11.8 Å². The quantitative estimate of drug-likeness (QED) is 0.727. The second-order valence-corrected chi connectivity index (χ2v) is 8.10. The lowest BCUT2D eigenvalue weighted by atomic mass is 10.1. The highest BCUT2D eigenvalue weighted by atomic mass is 32.2. The van der Waals surface area contributed by atoms with Crippen LogP contribution in [-0.4, -0.2) is 20.9 Å². The molecule has 3 rings (SSSR count). The monoisotopic (exact) mass is 310 g/mol.